The topological polar surface area (TPSA) is 84.7 Å². The summed E-state index contributed by atoms with van der Waals surface area (Å²) in [5.74, 6) is -0.825. The van der Waals surface area contributed by atoms with Gasteiger partial charge in [-0.1, -0.05) is 12.1 Å². The number of hydrogen-bond donors (Lipinski definition) is 1. The van der Waals surface area contributed by atoms with Crippen LogP contribution in [0, 0.1) is 6.92 Å². The fourth-order valence-corrected chi connectivity index (χ4v) is 4.95. The standard InChI is InChI=1S/C30H33F6N3O4S/c1-18-24(42-17-37-18)15-39(14-19-7-10-21(11-8-19)44-28(5,6)26(41)43-27(2,3)4)16-25(40)38-23-12-9-20(29(31,32)33)13-22(23)30(34,35)36/h7-13,17H,14-16H2,1-6H3,(H,38,40). The van der Waals surface area contributed by atoms with Crippen LogP contribution in [0.3, 0.4) is 0 Å². The summed E-state index contributed by atoms with van der Waals surface area (Å²) in [5, 5.41) is 2.11. The minimum atomic E-state index is -5.14. The number of alkyl halides is 6. The van der Waals surface area contributed by atoms with Gasteiger partial charge < -0.3 is 14.5 Å². The Morgan fingerprint density at radius 3 is 2.09 bits per heavy atom. The molecule has 14 heteroatoms. The van der Waals surface area contributed by atoms with Gasteiger partial charge in [-0.25, -0.2) is 4.98 Å². The van der Waals surface area contributed by atoms with Crippen molar-refractivity contribution in [2.75, 3.05) is 11.9 Å². The van der Waals surface area contributed by atoms with E-state index in [4.69, 9.17) is 9.15 Å². The fraction of sp³-hybridized carbons (Fsp3) is 0.433. The van der Waals surface area contributed by atoms with E-state index in [9.17, 15) is 35.9 Å². The van der Waals surface area contributed by atoms with Gasteiger partial charge in [0.2, 0.25) is 5.91 Å². The molecule has 0 atom stereocenters. The molecule has 0 unspecified atom stereocenters. The molecule has 2 aromatic carbocycles. The fourth-order valence-electron chi connectivity index (χ4n) is 3.96. The van der Waals surface area contributed by atoms with Crippen molar-refractivity contribution < 1.29 is 45.1 Å². The molecule has 0 bridgehead atoms. The molecule has 0 saturated carbocycles. The Kier molecular flexibility index (Phi) is 10.5. The maximum atomic E-state index is 13.6. The second-order valence-electron chi connectivity index (χ2n) is 11.6. The summed E-state index contributed by atoms with van der Waals surface area (Å²) in [6.45, 7) is 10.4. The van der Waals surface area contributed by atoms with E-state index in [2.05, 4.69) is 10.3 Å². The maximum absolute atomic E-state index is 13.6. The molecule has 0 aliphatic carbocycles. The molecule has 0 aliphatic rings. The number of anilines is 1. The van der Waals surface area contributed by atoms with E-state index in [1.165, 1.54) is 18.2 Å². The van der Waals surface area contributed by atoms with Crippen LogP contribution in [0.15, 0.2) is 58.2 Å². The van der Waals surface area contributed by atoms with Crippen LogP contribution in [0.4, 0.5) is 32.0 Å². The Labute approximate surface area is 255 Å². The number of hydrogen-bond acceptors (Lipinski definition) is 7. The van der Waals surface area contributed by atoms with E-state index in [1.54, 1.807) is 70.7 Å². The summed E-state index contributed by atoms with van der Waals surface area (Å²) in [7, 11) is 0. The minimum absolute atomic E-state index is 0.0328. The second-order valence-corrected chi connectivity index (χ2v) is 13.3. The van der Waals surface area contributed by atoms with E-state index in [0.29, 0.717) is 23.6 Å². The van der Waals surface area contributed by atoms with Crippen LogP contribution < -0.4 is 5.32 Å². The summed E-state index contributed by atoms with van der Waals surface area (Å²) in [6.07, 6.45) is -8.91. The van der Waals surface area contributed by atoms with Gasteiger partial charge in [-0.2, -0.15) is 26.3 Å². The van der Waals surface area contributed by atoms with Crippen LogP contribution in [0.2, 0.25) is 0 Å². The van der Waals surface area contributed by atoms with Gasteiger partial charge in [0, 0.05) is 11.4 Å². The quantitative estimate of drug-likeness (QED) is 0.136. The second kappa shape index (κ2) is 13.2. The molecule has 0 radical (unpaired) electrons. The number of amides is 1. The lowest BCUT2D eigenvalue weighted by atomic mass is 10.1. The van der Waals surface area contributed by atoms with Crippen molar-refractivity contribution in [3.63, 3.8) is 0 Å². The number of esters is 1. The van der Waals surface area contributed by atoms with Crippen LogP contribution in [0.5, 0.6) is 0 Å². The van der Waals surface area contributed by atoms with Crippen molar-refractivity contribution in [2.45, 2.75) is 82.2 Å². The largest absolute Gasteiger partial charge is 0.459 e. The SMILES string of the molecule is Cc1ncoc1CN(CC(=O)Nc1ccc(C(F)(F)F)cc1C(F)(F)F)Cc1ccc(SC(C)(C)C(=O)OC(C)(C)C)cc1. The highest BCUT2D eigenvalue weighted by Crippen LogP contribution is 2.39. The zero-order valence-electron chi connectivity index (χ0n) is 24.9. The number of nitrogens with one attached hydrogen (secondary N) is 1. The van der Waals surface area contributed by atoms with E-state index in [0.717, 1.165) is 10.5 Å². The number of oxazole rings is 1. The first-order valence-electron chi connectivity index (χ1n) is 13.3. The summed E-state index contributed by atoms with van der Waals surface area (Å²) >= 11 is 1.31. The molecular formula is C30H33F6N3O4S. The Morgan fingerprint density at radius 1 is 0.932 bits per heavy atom. The molecule has 0 spiro atoms. The lowest BCUT2D eigenvalue weighted by molar-refractivity contribution is -0.157. The van der Waals surface area contributed by atoms with Gasteiger partial charge in [0.15, 0.2) is 6.39 Å². The van der Waals surface area contributed by atoms with E-state index in [-0.39, 0.29) is 25.1 Å². The van der Waals surface area contributed by atoms with Crippen molar-refractivity contribution in [1.82, 2.24) is 9.88 Å². The molecule has 1 aromatic heterocycles. The van der Waals surface area contributed by atoms with Crippen molar-refractivity contribution in [3.05, 3.63) is 77.0 Å². The van der Waals surface area contributed by atoms with E-state index >= 15 is 0 Å². The van der Waals surface area contributed by atoms with Crippen molar-refractivity contribution >= 4 is 29.3 Å². The number of carbonyl (C=O) groups is 2. The van der Waals surface area contributed by atoms with Gasteiger partial charge in [0.05, 0.1) is 35.6 Å². The van der Waals surface area contributed by atoms with Crippen molar-refractivity contribution in [3.8, 4) is 0 Å². The average Bonchev–Trinajstić information content (AvgIpc) is 3.26. The van der Waals surface area contributed by atoms with E-state index < -0.39 is 52.0 Å². The molecule has 3 rings (SSSR count). The highest BCUT2D eigenvalue weighted by Gasteiger charge is 2.39. The number of aryl methyl sites for hydroxylation is 1. The Morgan fingerprint density at radius 2 is 1.57 bits per heavy atom. The third kappa shape index (κ3) is 10.0. The number of carbonyl (C=O) groups excluding carboxylic acids is 2. The molecule has 1 amide bonds. The lowest BCUT2D eigenvalue weighted by Gasteiger charge is -2.28. The molecule has 7 nitrogen and oxygen atoms in total. The van der Waals surface area contributed by atoms with Crippen LogP contribution in [0.25, 0.3) is 0 Å². The number of benzene rings is 2. The van der Waals surface area contributed by atoms with Gasteiger partial charge in [0.1, 0.15) is 16.1 Å². The first-order chi connectivity index (χ1) is 20.1. The maximum Gasteiger partial charge on any atom is 0.418 e. The van der Waals surface area contributed by atoms with Gasteiger partial charge in [-0.05, 0) is 77.4 Å². The van der Waals surface area contributed by atoms with Crippen molar-refractivity contribution in [2.24, 2.45) is 0 Å². The predicted octanol–water partition coefficient (Wildman–Crippen LogP) is 7.87. The number of rotatable bonds is 10. The molecule has 1 N–H and O–H groups in total. The molecule has 0 saturated heterocycles. The molecule has 44 heavy (non-hydrogen) atoms. The summed E-state index contributed by atoms with van der Waals surface area (Å²) < 4.78 is 89.9. The first-order valence-corrected chi connectivity index (χ1v) is 14.2. The van der Waals surface area contributed by atoms with Gasteiger partial charge in [0.25, 0.3) is 0 Å². The lowest BCUT2D eigenvalue weighted by Crippen LogP contribution is -2.36. The number of halogens is 6. The summed E-state index contributed by atoms with van der Waals surface area (Å²) in [4.78, 5) is 31.9. The van der Waals surface area contributed by atoms with Crippen molar-refractivity contribution in [1.29, 1.82) is 0 Å². The zero-order valence-corrected chi connectivity index (χ0v) is 25.8. The average molecular weight is 646 g/mol. The Bertz CT molecular complexity index is 1460. The smallest absolute Gasteiger partial charge is 0.418 e. The predicted molar refractivity (Wildman–Crippen MR) is 153 cm³/mol. The third-order valence-electron chi connectivity index (χ3n) is 6.10. The third-order valence-corrected chi connectivity index (χ3v) is 7.28. The van der Waals surface area contributed by atoms with Gasteiger partial charge in [-0.15, -0.1) is 11.8 Å². The molecular weight excluding hydrogens is 612 g/mol. The molecule has 240 valence electrons. The highest BCUT2D eigenvalue weighted by atomic mass is 32.2. The van der Waals surface area contributed by atoms with Gasteiger partial charge >= 0.3 is 18.3 Å². The Balaban J connectivity index is 1.78. The monoisotopic (exact) mass is 645 g/mol. The first kappa shape index (κ1) is 35.0. The number of ether oxygens (including phenoxy) is 1. The minimum Gasteiger partial charge on any atom is -0.459 e. The molecule has 0 aliphatic heterocycles. The van der Waals surface area contributed by atoms with E-state index in [1.807, 2.05) is 0 Å². The molecule has 0 fully saturated rings. The summed E-state index contributed by atoms with van der Waals surface area (Å²) in [6, 6.07) is 8.18. The highest BCUT2D eigenvalue weighted by molar-refractivity contribution is 8.01. The van der Waals surface area contributed by atoms with Crippen LogP contribution >= 0.6 is 11.8 Å². The molecule has 1 heterocycles. The number of thioether (sulfide) groups is 1. The van der Waals surface area contributed by atoms with Gasteiger partial charge in [-0.3, -0.25) is 14.5 Å². The number of aromatic nitrogens is 1. The molecule has 3 aromatic rings. The van der Waals surface area contributed by atoms with Crippen LogP contribution in [0.1, 0.15) is 62.8 Å². The van der Waals surface area contributed by atoms with Crippen LogP contribution in [-0.2, 0) is 39.8 Å². The Hall–Kier alpha value is -3.52. The normalized spacial score (nSPS) is 12.8. The summed E-state index contributed by atoms with van der Waals surface area (Å²) in [5.41, 5.74) is -3.24. The zero-order chi connectivity index (χ0) is 33.1. The van der Waals surface area contributed by atoms with Crippen LogP contribution in [-0.4, -0.2) is 38.7 Å². The number of nitrogens with zero attached hydrogens (tertiary/aromatic N) is 2.